The molecule has 0 amide bonds. The first kappa shape index (κ1) is 27.9. The van der Waals surface area contributed by atoms with Crippen molar-refractivity contribution < 1.29 is 18.7 Å². The summed E-state index contributed by atoms with van der Waals surface area (Å²) in [7, 11) is 1.53. The first-order chi connectivity index (χ1) is 17.0. The fourth-order valence-electron chi connectivity index (χ4n) is 5.39. The van der Waals surface area contributed by atoms with Crippen molar-refractivity contribution in [3.05, 3.63) is 57.1 Å². The van der Waals surface area contributed by atoms with Gasteiger partial charge in [0.1, 0.15) is 12.1 Å². The lowest BCUT2D eigenvalue weighted by atomic mass is 9.79. The number of carbonyl (C=O) groups is 2. The van der Waals surface area contributed by atoms with Gasteiger partial charge in [-0.1, -0.05) is 26.8 Å². The number of hydrogen-bond donors (Lipinski definition) is 1. The number of aryl methyl sites for hydroxylation is 1. The van der Waals surface area contributed by atoms with Gasteiger partial charge in [-0.2, -0.15) is 0 Å². The largest absolute Gasteiger partial charge is 0.380 e. The molecule has 5 nitrogen and oxygen atoms in total. The summed E-state index contributed by atoms with van der Waals surface area (Å²) in [6, 6.07) is 1.34. The minimum absolute atomic E-state index is 0.118. The highest BCUT2D eigenvalue weighted by atomic mass is 19.1. The highest BCUT2D eigenvalue weighted by Gasteiger charge is 2.29. The SMILES string of the molecule is CCC(C=O)C(/C=C(\C)c1nc2cc(F)c(C)c3c2c(c1CC(C)C)C(N)CC3)=C(\COC)C(C)=O. The summed E-state index contributed by atoms with van der Waals surface area (Å²) in [5.74, 6) is -0.498. The van der Waals surface area contributed by atoms with Crippen molar-refractivity contribution in [3.63, 3.8) is 0 Å². The molecule has 0 aliphatic heterocycles. The number of carbonyl (C=O) groups excluding carboxylic acids is 2. The predicted octanol–water partition coefficient (Wildman–Crippen LogP) is 5.99. The molecule has 1 aliphatic rings. The van der Waals surface area contributed by atoms with E-state index >= 15 is 0 Å². The Labute approximate surface area is 214 Å². The monoisotopic (exact) mass is 494 g/mol. The Hall–Kier alpha value is -2.70. The lowest BCUT2D eigenvalue weighted by molar-refractivity contribution is -0.114. The third-order valence-electron chi connectivity index (χ3n) is 7.24. The smallest absolute Gasteiger partial charge is 0.158 e. The molecule has 1 aliphatic carbocycles. The number of benzene rings is 1. The third-order valence-corrected chi connectivity index (χ3v) is 7.24. The van der Waals surface area contributed by atoms with Gasteiger partial charge in [0, 0.05) is 36.1 Å². The Bertz CT molecular complexity index is 1240. The maximum absolute atomic E-state index is 14.9. The maximum Gasteiger partial charge on any atom is 0.158 e. The number of pyridine rings is 1. The second-order valence-electron chi connectivity index (χ2n) is 10.4. The molecular formula is C30H39FN2O3. The summed E-state index contributed by atoms with van der Waals surface area (Å²) in [6.07, 6.45) is 5.57. The van der Waals surface area contributed by atoms with Gasteiger partial charge >= 0.3 is 0 Å². The number of hydrogen-bond acceptors (Lipinski definition) is 5. The summed E-state index contributed by atoms with van der Waals surface area (Å²) in [5.41, 5.74) is 13.8. The van der Waals surface area contributed by atoms with Crippen LogP contribution in [0.3, 0.4) is 0 Å². The first-order valence-corrected chi connectivity index (χ1v) is 12.8. The molecule has 0 saturated carbocycles. The summed E-state index contributed by atoms with van der Waals surface area (Å²) in [4.78, 5) is 29.5. The average Bonchev–Trinajstić information content (AvgIpc) is 2.82. The van der Waals surface area contributed by atoms with Gasteiger partial charge in [-0.3, -0.25) is 4.79 Å². The van der Waals surface area contributed by atoms with Gasteiger partial charge in [-0.15, -0.1) is 0 Å². The number of rotatable bonds is 10. The third kappa shape index (κ3) is 5.35. The van der Waals surface area contributed by atoms with E-state index in [-0.39, 0.29) is 24.2 Å². The molecule has 0 radical (unpaired) electrons. The Morgan fingerprint density at radius 3 is 2.58 bits per heavy atom. The minimum atomic E-state index is -0.449. The second kappa shape index (κ2) is 11.6. The molecule has 1 aromatic carbocycles. The highest BCUT2D eigenvalue weighted by molar-refractivity contribution is 5.96. The molecule has 2 aromatic rings. The van der Waals surface area contributed by atoms with Gasteiger partial charge in [0.15, 0.2) is 5.78 Å². The van der Waals surface area contributed by atoms with Crippen LogP contribution in [0.5, 0.6) is 0 Å². The molecule has 1 aromatic heterocycles. The zero-order valence-electron chi connectivity index (χ0n) is 22.6. The Morgan fingerprint density at radius 2 is 2.03 bits per heavy atom. The molecule has 0 bridgehead atoms. The van der Waals surface area contributed by atoms with Crippen LogP contribution in [-0.4, -0.2) is 30.8 Å². The molecule has 2 atom stereocenters. The first-order valence-electron chi connectivity index (χ1n) is 12.8. The molecule has 36 heavy (non-hydrogen) atoms. The predicted molar refractivity (Wildman–Crippen MR) is 143 cm³/mol. The van der Waals surface area contributed by atoms with E-state index in [4.69, 9.17) is 15.5 Å². The van der Waals surface area contributed by atoms with Crippen LogP contribution in [0.2, 0.25) is 0 Å². The van der Waals surface area contributed by atoms with E-state index < -0.39 is 5.92 Å². The topological polar surface area (TPSA) is 82.3 Å². The Balaban J connectivity index is 2.41. The van der Waals surface area contributed by atoms with Gasteiger partial charge in [0.25, 0.3) is 0 Å². The second-order valence-corrected chi connectivity index (χ2v) is 10.4. The molecular weight excluding hydrogens is 455 g/mol. The van der Waals surface area contributed by atoms with Gasteiger partial charge in [-0.25, -0.2) is 9.37 Å². The van der Waals surface area contributed by atoms with Crippen LogP contribution in [0.25, 0.3) is 16.5 Å². The molecule has 6 heteroatoms. The lowest BCUT2D eigenvalue weighted by Gasteiger charge is -2.29. The van der Waals surface area contributed by atoms with E-state index in [1.54, 1.807) is 0 Å². The Kier molecular flexibility index (Phi) is 8.96. The Morgan fingerprint density at radius 1 is 1.33 bits per heavy atom. The zero-order valence-corrected chi connectivity index (χ0v) is 22.6. The number of ether oxygens (including phenoxy) is 1. The number of halogens is 1. The lowest BCUT2D eigenvalue weighted by Crippen LogP contribution is -2.22. The van der Waals surface area contributed by atoms with E-state index in [2.05, 4.69) is 13.8 Å². The van der Waals surface area contributed by atoms with Crippen LogP contribution < -0.4 is 5.73 Å². The average molecular weight is 495 g/mol. The van der Waals surface area contributed by atoms with Crippen LogP contribution >= 0.6 is 0 Å². The molecule has 194 valence electrons. The number of Topliss-reactive ketones (excluding diaryl/α,β-unsaturated/α-hetero) is 1. The van der Waals surface area contributed by atoms with Crippen LogP contribution in [0, 0.1) is 24.6 Å². The van der Waals surface area contributed by atoms with Gasteiger partial charge in [0.2, 0.25) is 0 Å². The zero-order chi connectivity index (χ0) is 26.7. The van der Waals surface area contributed by atoms with Crippen LogP contribution in [0.1, 0.15) is 81.4 Å². The van der Waals surface area contributed by atoms with E-state index in [1.807, 2.05) is 26.8 Å². The number of nitrogens with zero attached hydrogens (tertiary/aromatic N) is 1. The van der Waals surface area contributed by atoms with E-state index in [9.17, 15) is 14.0 Å². The summed E-state index contributed by atoms with van der Waals surface area (Å²) in [5, 5.41) is 0.985. The summed E-state index contributed by atoms with van der Waals surface area (Å²) < 4.78 is 20.2. The van der Waals surface area contributed by atoms with Gasteiger partial charge < -0.3 is 15.3 Å². The molecule has 2 unspecified atom stereocenters. The van der Waals surface area contributed by atoms with Gasteiger partial charge in [-0.05, 0) is 85.8 Å². The fourth-order valence-corrected chi connectivity index (χ4v) is 5.39. The molecule has 0 saturated heterocycles. The number of aromatic nitrogens is 1. The van der Waals surface area contributed by atoms with Gasteiger partial charge in [0.05, 0.1) is 17.8 Å². The molecule has 0 spiro atoms. The fraction of sp³-hybridized carbons (Fsp3) is 0.500. The number of allylic oxidation sites excluding steroid dienone is 3. The van der Waals surface area contributed by atoms with Crippen molar-refractivity contribution in [1.29, 1.82) is 0 Å². The normalized spacial score (nSPS) is 17.4. The number of aldehydes is 1. The summed E-state index contributed by atoms with van der Waals surface area (Å²) >= 11 is 0. The van der Waals surface area contributed by atoms with E-state index in [0.29, 0.717) is 34.6 Å². The van der Waals surface area contributed by atoms with Crippen LogP contribution in [0.4, 0.5) is 4.39 Å². The van der Waals surface area contributed by atoms with Crippen molar-refractivity contribution in [3.8, 4) is 0 Å². The van der Waals surface area contributed by atoms with E-state index in [0.717, 1.165) is 58.9 Å². The van der Waals surface area contributed by atoms with Crippen LogP contribution in [0.15, 0.2) is 23.3 Å². The molecule has 1 heterocycles. The van der Waals surface area contributed by atoms with Crippen molar-refractivity contribution >= 4 is 28.5 Å². The number of methoxy groups -OCH3 is 1. The van der Waals surface area contributed by atoms with Crippen molar-refractivity contribution in [1.82, 2.24) is 4.98 Å². The van der Waals surface area contributed by atoms with Crippen molar-refractivity contribution in [2.24, 2.45) is 17.6 Å². The number of nitrogens with two attached hydrogens (primary N) is 1. The quantitative estimate of drug-likeness (QED) is 0.249. The summed E-state index contributed by atoms with van der Waals surface area (Å²) in [6.45, 7) is 11.6. The number of ketones is 1. The van der Waals surface area contributed by atoms with Crippen LogP contribution in [-0.2, 0) is 27.2 Å². The van der Waals surface area contributed by atoms with Crippen molar-refractivity contribution in [2.45, 2.75) is 73.3 Å². The molecule has 2 N–H and O–H groups in total. The van der Waals surface area contributed by atoms with Crippen molar-refractivity contribution in [2.75, 3.05) is 13.7 Å². The minimum Gasteiger partial charge on any atom is -0.380 e. The molecule has 3 rings (SSSR count). The standard InChI is InChI=1S/C30H39FN2O3/c1-8-20(14-34)22(24(15-36-7)19(6)35)12-17(4)30-23(11-16(2)3)28-26(32)10-9-21-18(5)25(31)13-27(33-30)29(21)28/h12-14,16,20,26H,8-11,15,32H2,1-7H3/b17-12+,24-22+. The van der Waals surface area contributed by atoms with E-state index in [1.165, 1.54) is 20.1 Å². The maximum atomic E-state index is 14.9. The highest BCUT2D eigenvalue weighted by Crippen LogP contribution is 2.41. The molecule has 0 fully saturated rings.